The fraction of sp³-hybridized carbons (Fsp3) is 0.556. The second-order valence-corrected chi connectivity index (χ2v) is 7.47. The number of nitrogens with zero attached hydrogens (tertiary/aromatic N) is 8. The average molecular weight is 382 g/mol. The summed E-state index contributed by atoms with van der Waals surface area (Å²) in [6.07, 6.45) is 11.7. The van der Waals surface area contributed by atoms with Gasteiger partial charge in [-0.1, -0.05) is 5.21 Å². The number of ether oxygens (including phenoxy) is 1. The molecule has 1 aliphatic carbocycles. The van der Waals surface area contributed by atoms with Gasteiger partial charge >= 0.3 is 6.09 Å². The van der Waals surface area contributed by atoms with Crippen molar-refractivity contribution in [1.82, 2.24) is 39.5 Å². The lowest BCUT2D eigenvalue weighted by Gasteiger charge is -2.16. The number of likely N-dealkylation sites (tertiary alicyclic amines) is 1. The standard InChI is InChI=1S/C18H22N8O2/c27-18(28-7-1-2-13-8-19-17-20-12-21-26(17)9-13)24-6-5-15(10-24)25-11-16(22-23-25)14-3-4-14/h8-9,11-12,14-15H,1-7,10H2. The monoisotopic (exact) mass is 382 g/mol. The third-order valence-electron chi connectivity index (χ3n) is 5.34. The number of hydrogen-bond donors (Lipinski definition) is 0. The van der Waals surface area contributed by atoms with Crippen LogP contribution in [0, 0.1) is 0 Å². The molecule has 5 rings (SSSR count). The first-order valence-electron chi connectivity index (χ1n) is 9.74. The van der Waals surface area contributed by atoms with E-state index in [1.54, 1.807) is 15.6 Å². The molecule has 1 unspecified atom stereocenters. The third-order valence-corrected chi connectivity index (χ3v) is 5.34. The maximum absolute atomic E-state index is 12.3. The van der Waals surface area contributed by atoms with Crippen LogP contribution >= 0.6 is 0 Å². The molecule has 2 fully saturated rings. The van der Waals surface area contributed by atoms with Crippen molar-refractivity contribution in [3.63, 3.8) is 0 Å². The fourth-order valence-corrected chi connectivity index (χ4v) is 3.57. The summed E-state index contributed by atoms with van der Waals surface area (Å²) in [6, 6.07) is 0.188. The number of carbonyl (C=O) groups is 1. The van der Waals surface area contributed by atoms with E-state index >= 15 is 0 Å². The molecule has 4 heterocycles. The van der Waals surface area contributed by atoms with Crippen molar-refractivity contribution in [3.05, 3.63) is 36.2 Å². The van der Waals surface area contributed by atoms with Gasteiger partial charge in [0.15, 0.2) is 0 Å². The summed E-state index contributed by atoms with van der Waals surface area (Å²) in [7, 11) is 0. The van der Waals surface area contributed by atoms with Crippen LogP contribution in [0.3, 0.4) is 0 Å². The molecule has 0 bridgehead atoms. The normalized spacial score (nSPS) is 19.4. The van der Waals surface area contributed by atoms with E-state index in [9.17, 15) is 4.79 Å². The zero-order valence-corrected chi connectivity index (χ0v) is 15.5. The van der Waals surface area contributed by atoms with Crippen molar-refractivity contribution in [3.8, 4) is 0 Å². The van der Waals surface area contributed by atoms with Crippen molar-refractivity contribution in [2.45, 2.75) is 44.1 Å². The molecule has 1 saturated heterocycles. The van der Waals surface area contributed by atoms with E-state index in [1.165, 1.54) is 19.2 Å². The minimum Gasteiger partial charge on any atom is -0.449 e. The zero-order valence-electron chi connectivity index (χ0n) is 15.5. The van der Waals surface area contributed by atoms with E-state index in [4.69, 9.17) is 4.74 Å². The Hall–Kier alpha value is -3.04. The van der Waals surface area contributed by atoms with E-state index in [0.29, 0.717) is 31.4 Å². The number of aryl methyl sites for hydroxylation is 1. The molecule has 10 heteroatoms. The van der Waals surface area contributed by atoms with E-state index < -0.39 is 0 Å². The zero-order chi connectivity index (χ0) is 18.9. The molecule has 0 N–H and O–H groups in total. The average Bonchev–Trinajstić information content (AvgIpc) is 3.14. The smallest absolute Gasteiger partial charge is 0.409 e. The summed E-state index contributed by atoms with van der Waals surface area (Å²) in [5.41, 5.74) is 2.12. The van der Waals surface area contributed by atoms with Crippen LogP contribution in [0.2, 0.25) is 0 Å². The molecule has 1 saturated carbocycles. The van der Waals surface area contributed by atoms with E-state index in [1.807, 2.05) is 17.1 Å². The first-order valence-corrected chi connectivity index (χ1v) is 9.74. The molecule has 1 aliphatic heterocycles. The van der Waals surface area contributed by atoms with Crippen molar-refractivity contribution < 1.29 is 9.53 Å². The molecule has 146 valence electrons. The highest BCUT2D eigenvalue weighted by molar-refractivity contribution is 5.68. The lowest BCUT2D eigenvalue weighted by Crippen LogP contribution is -2.30. The highest BCUT2D eigenvalue weighted by Gasteiger charge is 2.31. The van der Waals surface area contributed by atoms with E-state index in [0.717, 1.165) is 30.5 Å². The number of carbonyl (C=O) groups excluding carboxylic acids is 1. The van der Waals surface area contributed by atoms with Crippen molar-refractivity contribution in [2.24, 2.45) is 0 Å². The van der Waals surface area contributed by atoms with Gasteiger partial charge in [0.05, 0.1) is 18.3 Å². The van der Waals surface area contributed by atoms with Gasteiger partial charge in [0.2, 0.25) is 0 Å². The predicted octanol–water partition coefficient (Wildman–Crippen LogP) is 1.61. The number of aromatic nitrogens is 7. The molecule has 1 atom stereocenters. The quantitative estimate of drug-likeness (QED) is 0.597. The van der Waals surface area contributed by atoms with Gasteiger partial charge in [0.25, 0.3) is 5.78 Å². The molecule has 2 aliphatic rings. The van der Waals surface area contributed by atoms with Crippen LogP contribution < -0.4 is 0 Å². The summed E-state index contributed by atoms with van der Waals surface area (Å²) >= 11 is 0. The molecule has 3 aromatic heterocycles. The Balaban J connectivity index is 1.07. The lowest BCUT2D eigenvalue weighted by molar-refractivity contribution is 0.108. The number of amides is 1. The van der Waals surface area contributed by atoms with Gasteiger partial charge in [-0.3, -0.25) is 0 Å². The Morgan fingerprint density at radius 3 is 3.04 bits per heavy atom. The maximum Gasteiger partial charge on any atom is 0.409 e. The third kappa shape index (κ3) is 3.54. The SMILES string of the molecule is O=C(OCCCc1cnc2ncnn2c1)N1CCC(n2cc(C3CC3)nn2)C1. The molecular weight excluding hydrogens is 360 g/mol. The first kappa shape index (κ1) is 17.1. The minimum atomic E-state index is -0.255. The summed E-state index contributed by atoms with van der Waals surface area (Å²) in [5, 5.41) is 12.6. The Bertz CT molecular complexity index is 979. The largest absolute Gasteiger partial charge is 0.449 e. The van der Waals surface area contributed by atoms with Gasteiger partial charge < -0.3 is 9.64 Å². The Labute approximate surface area is 161 Å². The second-order valence-electron chi connectivity index (χ2n) is 7.47. The Morgan fingerprint density at radius 1 is 1.21 bits per heavy atom. The van der Waals surface area contributed by atoms with E-state index in [2.05, 4.69) is 25.4 Å². The molecule has 28 heavy (non-hydrogen) atoms. The summed E-state index contributed by atoms with van der Waals surface area (Å²) < 4.78 is 9.00. The Kier molecular flexibility index (Phi) is 4.38. The second kappa shape index (κ2) is 7.17. The highest BCUT2D eigenvalue weighted by atomic mass is 16.6. The van der Waals surface area contributed by atoms with Crippen molar-refractivity contribution in [1.29, 1.82) is 0 Å². The van der Waals surface area contributed by atoms with Crippen LogP contribution in [-0.4, -0.2) is 65.3 Å². The maximum atomic E-state index is 12.3. The van der Waals surface area contributed by atoms with Gasteiger partial charge in [0.1, 0.15) is 6.33 Å². The van der Waals surface area contributed by atoms with Gasteiger partial charge in [-0.25, -0.2) is 19.0 Å². The van der Waals surface area contributed by atoms with Crippen molar-refractivity contribution >= 4 is 11.9 Å². The minimum absolute atomic E-state index is 0.188. The summed E-state index contributed by atoms with van der Waals surface area (Å²) in [4.78, 5) is 22.3. The van der Waals surface area contributed by atoms with Gasteiger partial charge in [0, 0.05) is 37.6 Å². The predicted molar refractivity (Wildman–Crippen MR) is 97.7 cm³/mol. The van der Waals surface area contributed by atoms with Gasteiger partial charge in [-0.2, -0.15) is 10.1 Å². The van der Waals surface area contributed by atoms with Gasteiger partial charge in [-0.15, -0.1) is 5.10 Å². The summed E-state index contributed by atoms with van der Waals surface area (Å²) in [6.45, 7) is 1.69. The first-order chi connectivity index (χ1) is 13.8. The number of rotatable bonds is 6. The lowest BCUT2D eigenvalue weighted by atomic mass is 10.2. The molecule has 0 spiro atoms. The van der Waals surface area contributed by atoms with Crippen LogP contribution in [0.15, 0.2) is 24.9 Å². The molecule has 0 radical (unpaired) electrons. The molecular formula is C18H22N8O2. The van der Waals surface area contributed by atoms with Crippen LogP contribution in [0.5, 0.6) is 0 Å². The topological polar surface area (TPSA) is 103 Å². The highest BCUT2D eigenvalue weighted by Crippen LogP contribution is 2.39. The summed E-state index contributed by atoms with van der Waals surface area (Å²) in [5.74, 6) is 1.17. The molecule has 0 aromatic carbocycles. The molecule has 1 amide bonds. The van der Waals surface area contributed by atoms with Crippen LogP contribution in [0.4, 0.5) is 4.79 Å². The van der Waals surface area contributed by atoms with Crippen molar-refractivity contribution in [2.75, 3.05) is 19.7 Å². The van der Waals surface area contributed by atoms with Crippen LogP contribution in [-0.2, 0) is 11.2 Å². The van der Waals surface area contributed by atoms with Crippen LogP contribution in [0.1, 0.15) is 48.9 Å². The fourth-order valence-electron chi connectivity index (χ4n) is 3.57. The Morgan fingerprint density at radius 2 is 2.14 bits per heavy atom. The molecule has 10 nitrogen and oxygen atoms in total. The number of fused-ring (bicyclic) bond motifs is 1. The van der Waals surface area contributed by atoms with Crippen LogP contribution in [0.25, 0.3) is 5.78 Å². The number of hydrogen-bond acceptors (Lipinski definition) is 7. The van der Waals surface area contributed by atoms with Gasteiger partial charge in [-0.05, 0) is 37.7 Å². The molecule has 3 aromatic rings. The van der Waals surface area contributed by atoms with E-state index in [-0.39, 0.29) is 12.1 Å².